The fraction of sp³-hybridized carbons (Fsp3) is 0.588. The van der Waals surface area contributed by atoms with E-state index in [9.17, 15) is 4.79 Å². The molecule has 0 unspecified atom stereocenters. The number of rotatable bonds is 8. The van der Waals surface area contributed by atoms with Crippen molar-refractivity contribution in [2.75, 3.05) is 6.54 Å². The molecule has 1 aromatic carbocycles. The molecule has 0 heterocycles. The highest BCUT2D eigenvalue weighted by Crippen LogP contribution is 2.16. The molecule has 0 radical (unpaired) electrons. The molecule has 1 aromatic rings. The summed E-state index contributed by atoms with van der Waals surface area (Å²) in [6, 6.07) is 9.97. The molecule has 2 atom stereocenters. The van der Waals surface area contributed by atoms with Gasteiger partial charge in [-0.15, -0.1) is 0 Å². The normalized spacial score (nSPS) is 13.8. The fourth-order valence-electron chi connectivity index (χ4n) is 2.23. The Bertz CT molecular complexity index is 361. The van der Waals surface area contributed by atoms with E-state index in [1.165, 1.54) is 19.3 Å². The maximum absolute atomic E-state index is 12.1. The highest BCUT2D eigenvalue weighted by atomic mass is 16.1. The van der Waals surface area contributed by atoms with E-state index in [1.54, 1.807) is 0 Å². The first kappa shape index (κ1) is 15.7. The first-order valence-corrected chi connectivity index (χ1v) is 7.51. The summed E-state index contributed by atoms with van der Waals surface area (Å²) in [6.45, 7) is 7.19. The summed E-state index contributed by atoms with van der Waals surface area (Å²) < 4.78 is 0. The first-order valence-electron chi connectivity index (χ1n) is 7.51. The van der Waals surface area contributed by atoms with Gasteiger partial charge in [0, 0.05) is 6.54 Å². The zero-order chi connectivity index (χ0) is 14.1. The van der Waals surface area contributed by atoms with E-state index in [-0.39, 0.29) is 11.8 Å². The van der Waals surface area contributed by atoms with Crippen molar-refractivity contribution in [3.63, 3.8) is 0 Å². The molecule has 0 saturated carbocycles. The van der Waals surface area contributed by atoms with Gasteiger partial charge in [0.25, 0.3) is 0 Å². The van der Waals surface area contributed by atoms with Gasteiger partial charge in [0.05, 0.1) is 5.92 Å². The van der Waals surface area contributed by atoms with Crippen LogP contribution in [0.5, 0.6) is 0 Å². The Balaban J connectivity index is 2.42. The minimum absolute atomic E-state index is 0.0649. The van der Waals surface area contributed by atoms with E-state index in [4.69, 9.17) is 0 Å². The SMILES string of the molecule is CCCC[C@@H](CC)CNC(=O)[C@H](C)c1ccccc1. The second-order valence-corrected chi connectivity index (χ2v) is 5.29. The van der Waals surface area contributed by atoms with Gasteiger partial charge in [0.1, 0.15) is 0 Å². The Morgan fingerprint density at radius 3 is 2.47 bits per heavy atom. The van der Waals surface area contributed by atoms with Crippen LogP contribution in [0.3, 0.4) is 0 Å². The van der Waals surface area contributed by atoms with E-state index in [1.807, 2.05) is 37.3 Å². The van der Waals surface area contributed by atoms with Crippen molar-refractivity contribution < 1.29 is 4.79 Å². The Labute approximate surface area is 117 Å². The number of hydrogen-bond donors (Lipinski definition) is 1. The molecule has 0 aliphatic heterocycles. The van der Waals surface area contributed by atoms with Crippen LogP contribution in [-0.4, -0.2) is 12.5 Å². The lowest BCUT2D eigenvalue weighted by Gasteiger charge is -2.18. The van der Waals surface area contributed by atoms with Gasteiger partial charge in [-0.1, -0.05) is 63.4 Å². The number of nitrogens with one attached hydrogen (secondary N) is 1. The molecular formula is C17H27NO. The van der Waals surface area contributed by atoms with Crippen molar-refractivity contribution in [1.29, 1.82) is 0 Å². The van der Waals surface area contributed by atoms with Crippen LogP contribution in [0.1, 0.15) is 57.9 Å². The van der Waals surface area contributed by atoms with E-state index < -0.39 is 0 Å². The molecule has 106 valence electrons. The van der Waals surface area contributed by atoms with Crippen molar-refractivity contribution in [1.82, 2.24) is 5.32 Å². The molecule has 1 amide bonds. The number of carbonyl (C=O) groups is 1. The van der Waals surface area contributed by atoms with E-state index >= 15 is 0 Å². The second-order valence-electron chi connectivity index (χ2n) is 5.29. The Kier molecular flexibility index (Phi) is 7.24. The number of hydrogen-bond acceptors (Lipinski definition) is 1. The van der Waals surface area contributed by atoms with Crippen LogP contribution in [0, 0.1) is 5.92 Å². The third kappa shape index (κ3) is 5.46. The standard InChI is InChI=1S/C17H27NO/c1-4-6-10-15(5-2)13-18-17(19)14(3)16-11-8-7-9-12-16/h7-9,11-12,14-15H,4-6,10,13H2,1-3H3,(H,18,19)/t14-,15-/m1/s1. The van der Waals surface area contributed by atoms with Gasteiger partial charge in [-0.3, -0.25) is 4.79 Å². The number of unbranched alkanes of at least 4 members (excludes halogenated alkanes) is 1. The maximum Gasteiger partial charge on any atom is 0.227 e. The lowest BCUT2D eigenvalue weighted by molar-refractivity contribution is -0.122. The first-order chi connectivity index (χ1) is 9.19. The molecule has 0 aliphatic carbocycles. The van der Waals surface area contributed by atoms with Crippen LogP contribution in [0.25, 0.3) is 0 Å². The molecular weight excluding hydrogens is 234 g/mol. The van der Waals surface area contributed by atoms with Crippen molar-refractivity contribution >= 4 is 5.91 Å². The van der Waals surface area contributed by atoms with Gasteiger partial charge in [-0.05, 0) is 24.8 Å². The third-order valence-corrected chi connectivity index (χ3v) is 3.80. The Morgan fingerprint density at radius 1 is 1.21 bits per heavy atom. The predicted octanol–water partition coefficient (Wildman–Crippen LogP) is 4.12. The van der Waals surface area contributed by atoms with Gasteiger partial charge < -0.3 is 5.32 Å². The minimum Gasteiger partial charge on any atom is -0.355 e. The van der Waals surface area contributed by atoms with Gasteiger partial charge in [0.15, 0.2) is 0 Å². The number of benzene rings is 1. The summed E-state index contributed by atoms with van der Waals surface area (Å²) in [4.78, 5) is 12.1. The zero-order valence-corrected chi connectivity index (χ0v) is 12.5. The van der Waals surface area contributed by atoms with Crippen LogP contribution in [0.4, 0.5) is 0 Å². The fourth-order valence-corrected chi connectivity index (χ4v) is 2.23. The maximum atomic E-state index is 12.1. The highest BCUT2D eigenvalue weighted by Gasteiger charge is 2.15. The van der Waals surface area contributed by atoms with E-state index in [0.717, 1.165) is 18.5 Å². The molecule has 0 saturated heterocycles. The predicted molar refractivity (Wildman–Crippen MR) is 81.2 cm³/mol. The van der Waals surface area contributed by atoms with Crippen LogP contribution < -0.4 is 5.32 Å². The van der Waals surface area contributed by atoms with Crippen molar-refractivity contribution in [2.45, 2.75) is 52.4 Å². The van der Waals surface area contributed by atoms with Crippen LogP contribution in [0.2, 0.25) is 0 Å². The monoisotopic (exact) mass is 261 g/mol. The quantitative estimate of drug-likeness (QED) is 0.749. The lowest BCUT2D eigenvalue weighted by atomic mass is 9.97. The van der Waals surface area contributed by atoms with Crippen molar-refractivity contribution in [2.24, 2.45) is 5.92 Å². The number of carbonyl (C=O) groups excluding carboxylic acids is 1. The van der Waals surface area contributed by atoms with Gasteiger partial charge >= 0.3 is 0 Å². The zero-order valence-electron chi connectivity index (χ0n) is 12.5. The average molecular weight is 261 g/mol. The summed E-state index contributed by atoms with van der Waals surface area (Å²) in [7, 11) is 0. The van der Waals surface area contributed by atoms with Crippen LogP contribution >= 0.6 is 0 Å². The second kappa shape index (κ2) is 8.73. The van der Waals surface area contributed by atoms with Gasteiger partial charge in [-0.2, -0.15) is 0 Å². The molecule has 19 heavy (non-hydrogen) atoms. The minimum atomic E-state index is -0.0649. The summed E-state index contributed by atoms with van der Waals surface area (Å²) >= 11 is 0. The summed E-state index contributed by atoms with van der Waals surface area (Å²) in [6.07, 6.45) is 4.83. The highest BCUT2D eigenvalue weighted by molar-refractivity contribution is 5.83. The van der Waals surface area contributed by atoms with Crippen molar-refractivity contribution in [3.8, 4) is 0 Å². The summed E-state index contributed by atoms with van der Waals surface area (Å²) in [5.74, 6) is 0.693. The van der Waals surface area contributed by atoms with Crippen molar-refractivity contribution in [3.05, 3.63) is 35.9 Å². The van der Waals surface area contributed by atoms with Gasteiger partial charge in [-0.25, -0.2) is 0 Å². The average Bonchev–Trinajstić information content (AvgIpc) is 2.47. The van der Waals surface area contributed by atoms with Gasteiger partial charge in [0.2, 0.25) is 5.91 Å². The molecule has 1 N–H and O–H groups in total. The molecule has 2 heteroatoms. The van der Waals surface area contributed by atoms with Crippen LogP contribution in [0.15, 0.2) is 30.3 Å². The lowest BCUT2D eigenvalue weighted by Crippen LogP contribution is -2.32. The third-order valence-electron chi connectivity index (χ3n) is 3.80. The molecule has 0 aromatic heterocycles. The summed E-state index contributed by atoms with van der Waals surface area (Å²) in [5, 5.41) is 3.10. The molecule has 0 aliphatic rings. The summed E-state index contributed by atoms with van der Waals surface area (Å²) in [5.41, 5.74) is 1.08. The van der Waals surface area contributed by atoms with E-state index in [0.29, 0.717) is 5.92 Å². The smallest absolute Gasteiger partial charge is 0.227 e. The van der Waals surface area contributed by atoms with E-state index in [2.05, 4.69) is 19.2 Å². The topological polar surface area (TPSA) is 29.1 Å². The largest absolute Gasteiger partial charge is 0.355 e. The molecule has 0 bridgehead atoms. The molecule has 0 spiro atoms. The number of amides is 1. The Morgan fingerprint density at radius 2 is 1.89 bits per heavy atom. The molecule has 2 nitrogen and oxygen atoms in total. The van der Waals surface area contributed by atoms with Crippen LogP contribution in [-0.2, 0) is 4.79 Å². The molecule has 1 rings (SSSR count). The molecule has 0 fully saturated rings. The Hall–Kier alpha value is -1.31.